The Labute approximate surface area is 132 Å². The number of halogens is 1. The van der Waals surface area contributed by atoms with Crippen LogP contribution in [0.5, 0.6) is 0 Å². The lowest BCUT2D eigenvalue weighted by Crippen LogP contribution is -2.33. The lowest BCUT2D eigenvalue weighted by atomic mass is 9.85. The number of carbonyl (C=O) groups excluding carboxylic acids is 1. The zero-order chi connectivity index (χ0) is 15.6. The number of aromatic nitrogens is 2. The Morgan fingerprint density at radius 2 is 2.05 bits per heavy atom. The second-order valence-electron chi connectivity index (χ2n) is 5.81. The minimum Gasteiger partial charge on any atom is -0.380 e. The Hall–Kier alpha value is -1.37. The van der Waals surface area contributed by atoms with Crippen LogP contribution < -0.4 is 16.6 Å². The van der Waals surface area contributed by atoms with Gasteiger partial charge in [0.05, 0.1) is 17.9 Å². The third-order valence-electron chi connectivity index (χ3n) is 3.92. The van der Waals surface area contributed by atoms with E-state index in [1.165, 1.54) is 4.68 Å². The molecule has 0 unspecified atom stereocenters. The second kappa shape index (κ2) is 6.60. The largest absolute Gasteiger partial charge is 0.380 e. The predicted octanol–water partition coefficient (Wildman–Crippen LogP) is 2.04. The van der Waals surface area contributed by atoms with Crippen molar-refractivity contribution in [3.8, 4) is 0 Å². The third-order valence-corrected chi connectivity index (χ3v) is 4.69. The molecule has 1 saturated carbocycles. The molecule has 1 aliphatic carbocycles. The molecule has 1 aromatic rings. The van der Waals surface area contributed by atoms with E-state index in [4.69, 9.17) is 5.73 Å². The molecule has 3 N–H and O–H groups in total. The van der Waals surface area contributed by atoms with E-state index in [0.717, 1.165) is 25.7 Å². The predicted molar refractivity (Wildman–Crippen MR) is 85.1 cm³/mol. The van der Waals surface area contributed by atoms with E-state index in [1.807, 2.05) is 13.8 Å². The molecule has 1 aromatic heterocycles. The van der Waals surface area contributed by atoms with Crippen LogP contribution in [0.1, 0.15) is 45.6 Å². The first-order chi connectivity index (χ1) is 9.90. The van der Waals surface area contributed by atoms with Crippen molar-refractivity contribution in [2.45, 2.75) is 51.6 Å². The van der Waals surface area contributed by atoms with E-state index in [1.54, 1.807) is 6.20 Å². The third kappa shape index (κ3) is 3.64. The molecule has 21 heavy (non-hydrogen) atoms. The van der Waals surface area contributed by atoms with Crippen LogP contribution in [0.4, 0.5) is 5.69 Å². The maximum absolute atomic E-state index is 12.2. The summed E-state index contributed by atoms with van der Waals surface area (Å²) in [4.78, 5) is 23.3. The molecular formula is C14H21BrN4O2. The molecule has 0 atom stereocenters. The highest BCUT2D eigenvalue weighted by atomic mass is 79.9. The van der Waals surface area contributed by atoms with Gasteiger partial charge in [-0.1, -0.05) is 0 Å². The molecule has 0 bridgehead atoms. The highest BCUT2D eigenvalue weighted by Gasteiger charge is 2.25. The standard InChI is InChI=1S/C14H21BrN4O2/c1-8(2)19-14(21)12(15)11(7-17-19)18-10-5-3-9(4-6-10)13(16)20/h7-10,18H,3-6H2,1-2H3,(H2,16,20). The molecule has 1 fully saturated rings. The Morgan fingerprint density at radius 3 is 2.57 bits per heavy atom. The van der Waals surface area contributed by atoms with E-state index in [-0.39, 0.29) is 29.5 Å². The van der Waals surface area contributed by atoms with E-state index in [2.05, 4.69) is 26.3 Å². The van der Waals surface area contributed by atoms with Crippen LogP contribution in [0.3, 0.4) is 0 Å². The van der Waals surface area contributed by atoms with Gasteiger partial charge in [-0.15, -0.1) is 0 Å². The van der Waals surface area contributed by atoms with Crippen molar-refractivity contribution >= 4 is 27.5 Å². The summed E-state index contributed by atoms with van der Waals surface area (Å²) in [5.74, 6) is -0.227. The van der Waals surface area contributed by atoms with Crippen molar-refractivity contribution in [3.05, 3.63) is 21.0 Å². The van der Waals surface area contributed by atoms with Gasteiger partial charge in [-0.05, 0) is 55.5 Å². The van der Waals surface area contributed by atoms with Crippen molar-refractivity contribution in [1.82, 2.24) is 9.78 Å². The van der Waals surface area contributed by atoms with Crippen LogP contribution in [-0.4, -0.2) is 21.7 Å². The molecule has 0 aliphatic heterocycles. The number of hydrogen-bond donors (Lipinski definition) is 2. The lowest BCUT2D eigenvalue weighted by molar-refractivity contribution is -0.122. The maximum atomic E-state index is 12.2. The smallest absolute Gasteiger partial charge is 0.283 e. The minimum absolute atomic E-state index is 0.0152. The summed E-state index contributed by atoms with van der Waals surface area (Å²) >= 11 is 3.35. The molecule has 0 saturated heterocycles. The van der Waals surface area contributed by atoms with Gasteiger partial charge in [0.2, 0.25) is 5.91 Å². The van der Waals surface area contributed by atoms with Crippen molar-refractivity contribution < 1.29 is 4.79 Å². The summed E-state index contributed by atoms with van der Waals surface area (Å²) in [7, 11) is 0. The molecule has 6 nitrogen and oxygen atoms in total. The van der Waals surface area contributed by atoms with Crippen LogP contribution in [0, 0.1) is 5.92 Å². The van der Waals surface area contributed by atoms with Crippen LogP contribution >= 0.6 is 15.9 Å². The molecule has 0 spiro atoms. The summed E-state index contributed by atoms with van der Waals surface area (Å²) in [5.41, 5.74) is 5.90. The zero-order valence-corrected chi connectivity index (χ0v) is 13.9. The summed E-state index contributed by atoms with van der Waals surface area (Å²) in [6.45, 7) is 3.83. The van der Waals surface area contributed by atoms with Crippen LogP contribution in [-0.2, 0) is 4.79 Å². The summed E-state index contributed by atoms with van der Waals surface area (Å²) < 4.78 is 1.95. The van der Waals surface area contributed by atoms with Crippen molar-refractivity contribution in [1.29, 1.82) is 0 Å². The second-order valence-corrected chi connectivity index (χ2v) is 6.60. The molecule has 2 rings (SSSR count). The maximum Gasteiger partial charge on any atom is 0.283 e. The number of nitrogens with one attached hydrogen (secondary N) is 1. The molecule has 0 radical (unpaired) electrons. The van der Waals surface area contributed by atoms with Crippen molar-refractivity contribution in [3.63, 3.8) is 0 Å². The first-order valence-electron chi connectivity index (χ1n) is 7.23. The van der Waals surface area contributed by atoms with Gasteiger partial charge in [-0.3, -0.25) is 9.59 Å². The Bertz CT molecular complexity index is 577. The summed E-state index contributed by atoms with van der Waals surface area (Å²) in [5, 5.41) is 7.53. The van der Waals surface area contributed by atoms with Crippen molar-refractivity contribution in [2.24, 2.45) is 11.7 Å². The van der Waals surface area contributed by atoms with Gasteiger partial charge < -0.3 is 11.1 Å². The first-order valence-corrected chi connectivity index (χ1v) is 8.02. The summed E-state index contributed by atoms with van der Waals surface area (Å²) in [6, 6.07) is 0.266. The average Bonchev–Trinajstić information content (AvgIpc) is 2.44. The molecule has 116 valence electrons. The fraction of sp³-hybridized carbons (Fsp3) is 0.643. The van der Waals surface area contributed by atoms with Gasteiger partial charge in [0.1, 0.15) is 4.47 Å². The van der Waals surface area contributed by atoms with Crippen LogP contribution in [0.2, 0.25) is 0 Å². The van der Waals surface area contributed by atoms with E-state index in [0.29, 0.717) is 10.2 Å². The van der Waals surface area contributed by atoms with E-state index in [9.17, 15) is 9.59 Å². The fourth-order valence-corrected chi connectivity index (χ4v) is 3.05. The lowest BCUT2D eigenvalue weighted by Gasteiger charge is -2.28. The van der Waals surface area contributed by atoms with Crippen LogP contribution in [0.15, 0.2) is 15.5 Å². The van der Waals surface area contributed by atoms with E-state index < -0.39 is 0 Å². The van der Waals surface area contributed by atoms with Crippen molar-refractivity contribution in [2.75, 3.05) is 5.32 Å². The SMILES string of the molecule is CC(C)n1ncc(NC2CCC(C(N)=O)CC2)c(Br)c1=O. The highest BCUT2D eigenvalue weighted by Crippen LogP contribution is 2.27. The van der Waals surface area contributed by atoms with Gasteiger partial charge >= 0.3 is 0 Å². The number of hydrogen-bond acceptors (Lipinski definition) is 4. The zero-order valence-electron chi connectivity index (χ0n) is 12.3. The summed E-state index contributed by atoms with van der Waals surface area (Å²) in [6.07, 6.45) is 4.99. The number of nitrogens with two attached hydrogens (primary N) is 1. The fourth-order valence-electron chi connectivity index (χ4n) is 2.66. The number of primary amides is 1. The van der Waals surface area contributed by atoms with Gasteiger partial charge in [0, 0.05) is 12.0 Å². The topological polar surface area (TPSA) is 90.0 Å². The molecule has 1 aliphatic rings. The van der Waals surface area contributed by atoms with Gasteiger partial charge in [-0.25, -0.2) is 4.68 Å². The minimum atomic E-state index is -0.212. The number of rotatable bonds is 4. The first kappa shape index (κ1) is 16.0. The molecule has 1 amide bonds. The van der Waals surface area contributed by atoms with Gasteiger partial charge in [0.25, 0.3) is 5.56 Å². The highest BCUT2D eigenvalue weighted by molar-refractivity contribution is 9.10. The molecule has 0 aromatic carbocycles. The van der Waals surface area contributed by atoms with Gasteiger partial charge in [-0.2, -0.15) is 5.10 Å². The quantitative estimate of drug-likeness (QED) is 0.863. The normalized spacial score (nSPS) is 22.3. The average molecular weight is 357 g/mol. The molecule has 7 heteroatoms. The van der Waals surface area contributed by atoms with E-state index >= 15 is 0 Å². The number of amides is 1. The Kier molecular flexibility index (Phi) is 5.03. The number of anilines is 1. The number of nitrogens with zero attached hydrogens (tertiary/aromatic N) is 2. The molecular weight excluding hydrogens is 336 g/mol. The Balaban J connectivity index is 2.06. The number of carbonyl (C=O) groups is 1. The Morgan fingerprint density at radius 1 is 1.43 bits per heavy atom. The monoisotopic (exact) mass is 356 g/mol. The van der Waals surface area contributed by atoms with Crippen LogP contribution in [0.25, 0.3) is 0 Å². The van der Waals surface area contributed by atoms with Gasteiger partial charge in [0.15, 0.2) is 0 Å². The molecule has 1 heterocycles.